The lowest BCUT2D eigenvalue weighted by molar-refractivity contribution is -0.132. The zero-order chi connectivity index (χ0) is 65.6. The third-order valence-electron chi connectivity index (χ3n) is 15.0. The number of Topliss-reactive ketones (excluding diaryl/α,β-unsaturated/α-hetero) is 1. The summed E-state index contributed by atoms with van der Waals surface area (Å²) in [6.07, 6.45) is 10.4. The molecular formula is C65H82IN7O18. The molecule has 91 heavy (non-hydrogen) atoms. The van der Waals surface area contributed by atoms with Gasteiger partial charge in [0.05, 0.1) is 108 Å². The van der Waals surface area contributed by atoms with Gasteiger partial charge < -0.3 is 74.1 Å². The Balaban J connectivity index is 0.893. The Morgan fingerprint density at radius 3 is 2.00 bits per heavy atom. The maximum atomic E-state index is 14.5. The van der Waals surface area contributed by atoms with E-state index in [2.05, 4.69) is 26.3 Å². The number of aliphatic imine (C=N–C) groups is 1. The van der Waals surface area contributed by atoms with Gasteiger partial charge in [-0.25, -0.2) is 4.79 Å². The first-order valence-electron chi connectivity index (χ1n) is 30.1. The number of allylic oxidation sites excluding steroid dienone is 6. The van der Waals surface area contributed by atoms with E-state index in [9.17, 15) is 43.8 Å². The summed E-state index contributed by atoms with van der Waals surface area (Å²) in [5.74, 6) is -3.20. The van der Waals surface area contributed by atoms with E-state index in [-0.39, 0.29) is 103 Å². The molecule has 6 N–H and O–H groups in total. The molecule has 0 aromatic heterocycles. The number of amides is 6. The molecule has 1 aliphatic carbocycles. The van der Waals surface area contributed by atoms with E-state index in [4.69, 9.17) is 42.6 Å². The van der Waals surface area contributed by atoms with Crippen LogP contribution in [-0.2, 0) is 49.5 Å². The number of hydrogen-bond acceptors (Lipinski definition) is 19. The molecule has 0 saturated heterocycles. The molecule has 25 nitrogen and oxygen atoms in total. The van der Waals surface area contributed by atoms with E-state index in [1.807, 2.05) is 60.7 Å². The number of aliphatic hydroxyl groups excluding tert-OH is 1. The zero-order valence-corrected chi connectivity index (χ0v) is 54.4. The summed E-state index contributed by atoms with van der Waals surface area (Å²) >= 11 is 1.99. The Morgan fingerprint density at radius 2 is 1.37 bits per heavy atom. The molecule has 3 aliphatic heterocycles. The van der Waals surface area contributed by atoms with Crippen molar-refractivity contribution < 1.29 is 86.4 Å². The largest absolute Gasteiger partial charge is 0.493 e. The van der Waals surface area contributed by atoms with Gasteiger partial charge in [0.1, 0.15) is 24.9 Å². The number of carbonyl (C=O) groups is 7. The third-order valence-corrected chi connectivity index (χ3v) is 15.7. The van der Waals surface area contributed by atoms with Crippen LogP contribution in [0.3, 0.4) is 0 Å². The standard InChI is InChI=1S/C65H82IN7O18/c1-8-11-43-29-46-47(30-43)63(80)73(51-34-55(53(84-7)32-49(51)59(46)76)90-20-10-19-89-54-33-50-48(31-52(54)83-6)62(79)72-37-44(12-9-2)35-65(72,82)39-68-50)64(81)91-38-42-13-15-45(16-14-42)70-60(77)41(5)69-61(78)58(40(3)4)71-56(74)17-21-85-23-25-87-27-28-88-26-24-86-22-18-67-57(75)36-66/h8-9,11-16,29,31-34,37,39-41,46-47,58,63,80,82H,10,17-28,30,35-36,38H2,1-7H3,(H,67,75)(H,69,78)(H,70,77)(H,71,74)/b11-8+,12-9+/t41-,46?,47+,58-,63-,65+/m0/s1. The van der Waals surface area contributed by atoms with E-state index in [0.29, 0.717) is 80.5 Å². The van der Waals surface area contributed by atoms with Crippen LogP contribution < -0.4 is 45.1 Å². The average Bonchev–Trinajstić information content (AvgIpc) is 1.66. The van der Waals surface area contributed by atoms with Crippen LogP contribution in [0.25, 0.3) is 0 Å². The molecule has 0 fully saturated rings. The zero-order valence-electron chi connectivity index (χ0n) is 52.3. The molecule has 6 atom stereocenters. The molecule has 492 valence electrons. The van der Waals surface area contributed by atoms with E-state index >= 15 is 0 Å². The number of fused-ring (bicyclic) bond motifs is 4. The van der Waals surface area contributed by atoms with Crippen LogP contribution >= 0.6 is 22.6 Å². The van der Waals surface area contributed by atoms with Crippen LogP contribution in [0.5, 0.6) is 23.0 Å². The molecule has 0 saturated carbocycles. The number of methoxy groups -OCH3 is 2. The monoisotopic (exact) mass is 1380 g/mol. The molecule has 26 heteroatoms. The minimum Gasteiger partial charge on any atom is -0.493 e. The van der Waals surface area contributed by atoms with Crippen molar-refractivity contribution in [1.29, 1.82) is 0 Å². The number of ether oxygens (including phenoxy) is 9. The summed E-state index contributed by atoms with van der Waals surface area (Å²) in [5.41, 5.74) is 1.51. The Bertz CT molecular complexity index is 3220. The fraction of sp³-hybridized carbons (Fsp3) is 0.477. The SMILES string of the molecule is C/C=C/C1=CC2C(=O)c3cc(OC)c(OCCCOc4cc5c(cc4OC)C(=O)N4C=C(/C=C/C)C[C@@]4(O)C=N5)cc3N(C(=O)OCc3ccc(NC(=O)[C@H](C)NC(=O)[C@@H](NC(=O)CCOCCOCCOCCOCCNC(=O)CI)C(C)C)cc3)[C@@H](O)[C@@H]2C1. The molecule has 0 spiro atoms. The summed E-state index contributed by atoms with van der Waals surface area (Å²) in [6.45, 7) is 11.6. The average molecular weight is 1380 g/mol. The number of alkyl halides is 1. The third kappa shape index (κ3) is 19.2. The Kier molecular flexibility index (Phi) is 26.9. The Morgan fingerprint density at radius 1 is 0.758 bits per heavy atom. The highest BCUT2D eigenvalue weighted by molar-refractivity contribution is 14.1. The van der Waals surface area contributed by atoms with Gasteiger partial charge in [-0.2, -0.15) is 0 Å². The number of nitrogens with zero attached hydrogens (tertiary/aromatic N) is 3. The second-order valence-corrected chi connectivity index (χ2v) is 22.8. The number of carbonyl (C=O) groups excluding carboxylic acids is 7. The molecular weight excluding hydrogens is 1290 g/mol. The molecule has 3 aromatic carbocycles. The second-order valence-electron chi connectivity index (χ2n) is 22.0. The molecule has 4 aliphatic rings. The number of nitrogens with one attached hydrogen (secondary N) is 4. The van der Waals surface area contributed by atoms with E-state index in [1.54, 1.807) is 56.5 Å². The predicted octanol–water partition coefficient (Wildman–Crippen LogP) is 6.65. The van der Waals surface area contributed by atoms with Crippen LogP contribution in [0.1, 0.15) is 86.6 Å². The van der Waals surface area contributed by atoms with Crippen molar-refractivity contribution in [3.63, 3.8) is 0 Å². The van der Waals surface area contributed by atoms with E-state index in [0.717, 1.165) is 16.0 Å². The lowest BCUT2D eigenvalue weighted by Crippen LogP contribution is -2.53. The quantitative estimate of drug-likeness (QED) is 0.0207. The number of ketones is 1. The molecule has 1 unspecified atom stereocenters. The molecule has 7 rings (SSSR count). The van der Waals surface area contributed by atoms with Gasteiger partial charge in [0.2, 0.25) is 23.6 Å². The van der Waals surface area contributed by atoms with Crippen molar-refractivity contribution >= 4 is 87.3 Å². The van der Waals surface area contributed by atoms with Crippen molar-refractivity contribution in [3.05, 3.63) is 113 Å². The van der Waals surface area contributed by atoms with E-state index in [1.165, 1.54) is 50.5 Å². The van der Waals surface area contributed by atoms with Crippen molar-refractivity contribution in [1.82, 2.24) is 20.9 Å². The number of hydrogen-bond donors (Lipinski definition) is 6. The first-order valence-corrected chi connectivity index (χ1v) is 31.6. The van der Waals surface area contributed by atoms with Crippen LogP contribution in [0.2, 0.25) is 0 Å². The van der Waals surface area contributed by atoms with Gasteiger partial charge in [-0.1, -0.05) is 84.5 Å². The summed E-state index contributed by atoms with van der Waals surface area (Å²) in [6, 6.07) is 10.6. The van der Waals surface area contributed by atoms with Crippen LogP contribution in [-0.4, -0.2) is 178 Å². The number of halogens is 1. The number of benzene rings is 3. The summed E-state index contributed by atoms with van der Waals surface area (Å²) < 4.78 is 51.8. The number of rotatable bonds is 34. The maximum Gasteiger partial charge on any atom is 0.416 e. The number of aliphatic hydroxyl groups is 2. The smallest absolute Gasteiger partial charge is 0.416 e. The minimum absolute atomic E-state index is 0.00529. The van der Waals surface area contributed by atoms with Crippen LogP contribution in [0, 0.1) is 17.8 Å². The van der Waals surface area contributed by atoms with Crippen molar-refractivity contribution in [3.8, 4) is 23.0 Å². The Hall–Kier alpha value is -7.73. The van der Waals surface area contributed by atoms with Crippen molar-refractivity contribution in [2.75, 3.05) is 101 Å². The maximum absolute atomic E-state index is 14.5. The van der Waals surface area contributed by atoms with Crippen LogP contribution in [0.15, 0.2) is 101 Å². The van der Waals surface area contributed by atoms with Gasteiger partial charge in [0.15, 0.2) is 34.5 Å². The summed E-state index contributed by atoms with van der Waals surface area (Å²) in [4.78, 5) is 100. The lowest BCUT2D eigenvalue weighted by atomic mass is 9.88. The number of anilines is 2. The highest BCUT2D eigenvalue weighted by Crippen LogP contribution is 2.47. The van der Waals surface area contributed by atoms with Gasteiger partial charge in [-0.15, -0.1) is 0 Å². The van der Waals surface area contributed by atoms with Gasteiger partial charge in [0.25, 0.3) is 5.91 Å². The lowest BCUT2D eigenvalue weighted by Gasteiger charge is -2.31. The highest BCUT2D eigenvalue weighted by atomic mass is 127. The highest BCUT2D eigenvalue weighted by Gasteiger charge is 2.47. The van der Waals surface area contributed by atoms with Crippen molar-refractivity contribution in [2.45, 2.75) is 90.9 Å². The first kappa shape index (κ1) is 70.7. The fourth-order valence-corrected chi connectivity index (χ4v) is 10.7. The molecule has 0 bridgehead atoms. The molecule has 6 amide bonds. The molecule has 0 radical (unpaired) electrons. The summed E-state index contributed by atoms with van der Waals surface area (Å²) in [7, 11) is 2.87. The second kappa shape index (κ2) is 34.6. The van der Waals surface area contributed by atoms with Crippen LogP contribution in [0.4, 0.5) is 21.9 Å². The fourth-order valence-electron chi connectivity index (χ4n) is 10.4. The molecule has 3 heterocycles. The first-order chi connectivity index (χ1) is 43.8. The topological polar surface area (TPSA) is 310 Å². The predicted molar refractivity (Wildman–Crippen MR) is 345 cm³/mol. The Labute approximate surface area is 543 Å². The van der Waals surface area contributed by atoms with E-state index < -0.39 is 65.6 Å². The van der Waals surface area contributed by atoms with Gasteiger partial charge >= 0.3 is 6.09 Å². The van der Waals surface area contributed by atoms with Gasteiger partial charge in [-0.3, -0.25) is 43.6 Å². The summed E-state index contributed by atoms with van der Waals surface area (Å²) in [5, 5.41) is 34.4. The normalized spacial score (nSPS) is 18.9. The van der Waals surface area contributed by atoms with Gasteiger partial charge in [0, 0.05) is 67.2 Å². The van der Waals surface area contributed by atoms with Crippen molar-refractivity contribution in [2.24, 2.45) is 22.7 Å². The van der Waals surface area contributed by atoms with Gasteiger partial charge in [-0.05, 0) is 68.5 Å². The molecule has 3 aromatic rings. The minimum atomic E-state index is -1.64.